The molecule has 0 spiro atoms. The fraction of sp³-hybridized carbons (Fsp3) is 0.400. The second kappa shape index (κ2) is 4.71. The maximum atomic E-state index is 11.2. The van der Waals surface area contributed by atoms with Crippen molar-refractivity contribution in [3.8, 4) is 5.75 Å². The minimum Gasteiger partial charge on any atom is -0.489 e. The van der Waals surface area contributed by atoms with Gasteiger partial charge in [0, 0.05) is 0 Å². The maximum absolute atomic E-state index is 11.2. The normalized spacial score (nSPS) is 13.4. The Hall–Kier alpha value is -1.27. The summed E-state index contributed by atoms with van der Waals surface area (Å²) in [5, 5.41) is 5.03. The van der Waals surface area contributed by atoms with Crippen LogP contribution in [0.4, 0.5) is 5.69 Å². The van der Waals surface area contributed by atoms with Crippen LogP contribution in [0, 0.1) is 0 Å². The van der Waals surface area contributed by atoms with Gasteiger partial charge in [0.2, 0.25) is 10.0 Å². The van der Waals surface area contributed by atoms with Gasteiger partial charge in [-0.25, -0.2) is 13.6 Å². The van der Waals surface area contributed by atoms with E-state index in [-0.39, 0.29) is 16.7 Å². The van der Waals surface area contributed by atoms with Crippen LogP contribution in [0.3, 0.4) is 0 Å². The van der Waals surface area contributed by atoms with Gasteiger partial charge >= 0.3 is 0 Å². The average Bonchev–Trinajstić information content (AvgIpc) is 2.19. The molecule has 1 rings (SSSR count). The van der Waals surface area contributed by atoms with Crippen molar-refractivity contribution in [2.75, 3.05) is 5.73 Å². The van der Waals surface area contributed by atoms with Gasteiger partial charge in [0.05, 0.1) is 11.8 Å². The lowest BCUT2D eigenvalue weighted by Crippen LogP contribution is -2.16. The summed E-state index contributed by atoms with van der Waals surface area (Å²) in [6.45, 7) is 3.84. The van der Waals surface area contributed by atoms with E-state index in [2.05, 4.69) is 0 Å². The minimum atomic E-state index is -3.80. The maximum Gasteiger partial charge on any atom is 0.240 e. The molecule has 0 aliphatic carbocycles. The molecule has 1 aromatic rings. The van der Waals surface area contributed by atoms with Crippen LogP contribution in [-0.4, -0.2) is 14.5 Å². The first kappa shape index (κ1) is 12.8. The molecule has 0 fully saturated rings. The average molecular weight is 244 g/mol. The molecule has 6 heteroatoms. The van der Waals surface area contributed by atoms with Crippen molar-refractivity contribution >= 4 is 15.7 Å². The topological polar surface area (TPSA) is 95.4 Å². The summed E-state index contributed by atoms with van der Waals surface area (Å²) in [5.74, 6) is 0.348. The first-order valence-corrected chi connectivity index (χ1v) is 6.48. The van der Waals surface area contributed by atoms with E-state index in [1.807, 2.05) is 13.8 Å². The first-order valence-electron chi connectivity index (χ1n) is 4.94. The third kappa shape index (κ3) is 2.86. The molecule has 5 nitrogen and oxygen atoms in total. The number of anilines is 1. The lowest BCUT2D eigenvalue weighted by molar-refractivity contribution is 0.218. The second-order valence-electron chi connectivity index (χ2n) is 3.55. The molecule has 90 valence electrons. The summed E-state index contributed by atoms with van der Waals surface area (Å²) in [5.41, 5.74) is 5.75. The van der Waals surface area contributed by atoms with E-state index in [0.29, 0.717) is 5.75 Å². The second-order valence-corrected chi connectivity index (χ2v) is 5.08. The van der Waals surface area contributed by atoms with Crippen molar-refractivity contribution < 1.29 is 13.2 Å². The Kier molecular flexibility index (Phi) is 3.77. The lowest BCUT2D eigenvalue weighted by Gasteiger charge is -2.15. The standard InChI is InChI=1S/C10H16N2O3S/c1-3-7(2)15-8-5-4-6-9(10(8)11)16(12,13)14/h4-7H,3,11H2,1-2H3,(H2,12,13,14). The highest BCUT2D eigenvalue weighted by atomic mass is 32.2. The number of nitrogens with two attached hydrogens (primary N) is 2. The highest BCUT2D eigenvalue weighted by Gasteiger charge is 2.16. The number of rotatable bonds is 4. The highest BCUT2D eigenvalue weighted by Crippen LogP contribution is 2.28. The van der Waals surface area contributed by atoms with Gasteiger partial charge in [-0.05, 0) is 25.5 Å². The van der Waals surface area contributed by atoms with Crippen LogP contribution in [-0.2, 0) is 10.0 Å². The molecular formula is C10H16N2O3S. The van der Waals surface area contributed by atoms with E-state index in [9.17, 15) is 8.42 Å². The quantitative estimate of drug-likeness (QED) is 0.775. The van der Waals surface area contributed by atoms with Crippen LogP contribution < -0.4 is 15.6 Å². The fourth-order valence-electron chi connectivity index (χ4n) is 1.17. The van der Waals surface area contributed by atoms with Gasteiger partial charge in [0.25, 0.3) is 0 Å². The molecule has 1 aromatic carbocycles. The Morgan fingerprint density at radius 3 is 2.56 bits per heavy atom. The number of nitrogen functional groups attached to an aromatic ring is 1. The molecule has 0 aliphatic heterocycles. The summed E-state index contributed by atoms with van der Waals surface area (Å²) in [7, 11) is -3.80. The number of primary sulfonamides is 1. The summed E-state index contributed by atoms with van der Waals surface area (Å²) in [4.78, 5) is -0.103. The molecule has 16 heavy (non-hydrogen) atoms. The minimum absolute atomic E-state index is 0.0296. The Morgan fingerprint density at radius 1 is 1.44 bits per heavy atom. The number of ether oxygens (including phenoxy) is 1. The third-order valence-electron chi connectivity index (χ3n) is 2.24. The molecule has 0 saturated carbocycles. The first-order chi connectivity index (χ1) is 7.36. The summed E-state index contributed by atoms with van der Waals surface area (Å²) >= 11 is 0. The third-order valence-corrected chi connectivity index (χ3v) is 3.20. The number of sulfonamides is 1. The molecule has 0 aromatic heterocycles. The smallest absolute Gasteiger partial charge is 0.240 e. The van der Waals surface area contributed by atoms with Gasteiger partial charge in [-0.3, -0.25) is 0 Å². The van der Waals surface area contributed by atoms with Gasteiger partial charge in [-0.1, -0.05) is 13.0 Å². The van der Waals surface area contributed by atoms with Crippen molar-refractivity contribution in [3.05, 3.63) is 18.2 Å². The van der Waals surface area contributed by atoms with E-state index in [4.69, 9.17) is 15.6 Å². The van der Waals surface area contributed by atoms with E-state index in [0.717, 1.165) is 6.42 Å². The van der Waals surface area contributed by atoms with Crippen molar-refractivity contribution in [3.63, 3.8) is 0 Å². The summed E-state index contributed by atoms with van der Waals surface area (Å²) in [6.07, 6.45) is 0.775. The Bertz CT molecular complexity index is 471. The zero-order valence-corrected chi connectivity index (χ0v) is 10.1. The van der Waals surface area contributed by atoms with E-state index in [1.54, 1.807) is 12.1 Å². The van der Waals surface area contributed by atoms with Gasteiger partial charge in [-0.2, -0.15) is 0 Å². The molecule has 1 unspecified atom stereocenters. The Morgan fingerprint density at radius 2 is 2.06 bits per heavy atom. The number of para-hydroxylation sites is 1. The van der Waals surface area contributed by atoms with Crippen molar-refractivity contribution in [1.82, 2.24) is 0 Å². The van der Waals surface area contributed by atoms with Crippen molar-refractivity contribution in [2.45, 2.75) is 31.3 Å². The van der Waals surface area contributed by atoms with Crippen LogP contribution in [0.2, 0.25) is 0 Å². The Labute approximate surface area is 95.4 Å². The number of hydrogen-bond donors (Lipinski definition) is 2. The largest absolute Gasteiger partial charge is 0.489 e. The van der Waals surface area contributed by atoms with Gasteiger partial charge in [-0.15, -0.1) is 0 Å². The summed E-state index contributed by atoms with van der Waals surface area (Å²) in [6, 6.07) is 4.53. The molecule has 4 N–H and O–H groups in total. The van der Waals surface area contributed by atoms with Gasteiger partial charge in [0.15, 0.2) is 0 Å². The fourth-order valence-corrected chi connectivity index (χ4v) is 1.85. The molecule has 0 aliphatic rings. The summed E-state index contributed by atoms with van der Waals surface area (Å²) < 4.78 is 27.9. The molecule has 0 saturated heterocycles. The van der Waals surface area contributed by atoms with E-state index < -0.39 is 10.0 Å². The van der Waals surface area contributed by atoms with Crippen LogP contribution in [0.15, 0.2) is 23.1 Å². The molecule has 0 bridgehead atoms. The Balaban J connectivity index is 3.15. The molecular weight excluding hydrogens is 228 g/mol. The van der Waals surface area contributed by atoms with Crippen molar-refractivity contribution in [1.29, 1.82) is 0 Å². The van der Waals surface area contributed by atoms with Crippen LogP contribution >= 0.6 is 0 Å². The SMILES string of the molecule is CCC(C)Oc1cccc(S(N)(=O)=O)c1N. The monoisotopic (exact) mass is 244 g/mol. The van der Waals surface area contributed by atoms with Crippen LogP contribution in [0.1, 0.15) is 20.3 Å². The van der Waals surface area contributed by atoms with Crippen molar-refractivity contribution in [2.24, 2.45) is 5.14 Å². The molecule has 0 heterocycles. The zero-order chi connectivity index (χ0) is 12.3. The number of benzene rings is 1. The zero-order valence-electron chi connectivity index (χ0n) is 9.30. The molecule has 0 radical (unpaired) electrons. The van der Waals surface area contributed by atoms with E-state index in [1.165, 1.54) is 6.07 Å². The van der Waals surface area contributed by atoms with E-state index >= 15 is 0 Å². The van der Waals surface area contributed by atoms with Crippen LogP contribution in [0.25, 0.3) is 0 Å². The van der Waals surface area contributed by atoms with Gasteiger partial charge < -0.3 is 10.5 Å². The van der Waals surface area contributed by atoms with Gasteiger partial charge in [0.1, 0.15) is 10.6 Å². The lowest BCUT2D eigenvalue weighted by atomic mass is 10.2. The highest BCUT2D eigenvalue weighted by molar-refractivity contribution is 7.89. The molecule has 0 amide bonds. The predicted molar refractivity (Wildman–Crippen MR) is 62.6 cm³/mol. The predicted octanol–water partition coefficient (Wildman–Crippen LogP) is 1.09. The number of hydrogen-bond acceptors (Lipinski definition) is 4. The van der Waals surface area contributed by atoms with Crippen LogP contribution in [0.5, 0.6) is 5.75 Å². The molecule has 1 atom stereocenters.